The largest absolute Gasteiger partial charge is 0.397 e. The minimum atomic E-state index is -0.276. The quantitative estimate of drug-likeness (QED) is 0.651. The number of rotatable bonds is 3. The number of nitrogen functional groups attached to an aromatic ring is 1. The molecule has 1 aliphatic rings. The van der Waals surface area contributed by atoms with Crippen LogP contribution in [0.1, 0.15) is 13.3 Å². The maximum atomic E-state index is 13.0. The summed E-state index contributed by atoms with van der Waals surface area (Å²) in [7, 11) is 0.535. The van der Waals surface area contributed by atoms with Crippen molar-refractivity contribution in [2.45, 2.75) is 19.4 Å². The van der Waals surface area contributed by atoms with Crippen molar-refractivity contribution in [1.29, 1.82) is 0 Å². The van der Waals surface area contributed by atoms with Crippen molar-refractivity contribution in [3.63, 3.8) is 0 Å². The van der Waals surface area contributed by atoms with E-state index in [4.69, 9.17) is 5.73 Å². The van der Waals surface area contributed by atoms with Gasteiger partial charge in [0.05, 0.1) is 11.4 Å². The molecule has 1 heterocycles. The van der Waals surface area contributed by atoms with E-state index >= 15 is 0 Å². The molecular formula is C17H19FN3OP. The molecule has 120 valence electrons. The Hall–Kier alpha value is -2.13. The molecule has 0 bridgehead atoms. The number of halogens is 1. The summed E-state index contributed by atoms with van der Waals surface area (Å²) in [5, 5.41) is 2.89. The van der Waals surface area contributed by atoms with E-state index in [2.05, 4.69) is 12.2 Å². The maximum Gasteiger partial charge on any atom is 0.325 e. The Bertz CT molecular complexity index is 718. The van der Waals surface area contributed by atoms with Gasteiger partial charge in [-0.05, 0) is 50.5 Å². The van der Waals surface area contributed by atoms with Gasteiger partial charge in [0.15, 0.2) is 0 Å². The third-order valence-electron chi connectivity index (χ3n) is 4.02. The smallest absolute Gasteiger partial charge is 0.325 e. The van der Waals surface area contributed by atoms with E-state index in [9.17, 15) is 9.18 Å². The molecule has 0 aromatic heterocycles. The SMILES string of the molecule is CCC1CPN1C(=O)Nc1cc(-c2ccc(F)cc2)ccc1N. The van der Waals surface area contributed by atoms with Crippen molar-refractivity contribution < 1.29 is 9.18 Å². The summed E-state index contributed by atoms with van der Waals surface area (Å²) in [4.78, 5) is 12.3. The van der Waals surface area contributed by atoms with Gasteiger partial charge in [0.1, 0.15) is 5.82 Å². The summed E-state index contributed by atoms with van der Waals surface area (Å²) in [6.45, 7) is 2.08. The lowest BCUT2D eigenvalue weighted by molar-refractivity contribution is 0.223. The summed E-state index contributed by atoms with van der Waals surface area (Å²) in [5.74, 6) is -0.276. The number of nitrogens with two attached hydrogens (primary N) is 1. The summed E-state index contributed by atoms with van der Waals surface area (Å²) in [6, 6.07) is 11.9. The van der Waals surface area contributed by atoms with Crippen molar-refractivity contribution in [2.24, 2.45) is 0 Å². The first-order valence-electron chi connectivity index (χ1n) is 7.57. The summed E-state index contributed by atoms with van der Waals surface area (Å²) < 4.78 is 14.9. The zero-order valence-corrected chi connectivity index (χ0v) is 13.8. The Balaban J connectivity index is 1.80. The monoisotopic (exact) mass is 331 g/mol. The van der Waals surface area contributed by atoms with Gasteiger partial charge in [0, 0.05) is 12.2 Å². The number of nitrogens with one attached hydrogen (secondary N) is 1. The number of carbonyl (C=O) groups excluding carboxylic acids is 1. The lowest BCUT2D eigenvalue weighted by Gasteiger charge is -2.40. The summed E-state index contributed by atoms with van der Waals surface area (Å²) in [6.07, 6.45) is 2.04. The third kappa shape index (κ3) is 3.30. The van der Waals surface area contributed by atoms with Crippen LogP contribution in [0, 0.1) is 5.82 Å². The Kier molecular flexibility index (Phi) is 4.49. The van der Waals surface area contributed by atoms with Crippen LogP contribution in [0.3, 0.4) is 0 Å². The van der Waals surface area contributed by atoms with Crippen LogP contribution in [0.4, 0.5) is 20.6 Å². The highest BCUT2D eigenvalue weighted by molar-refractivity contribution is 7.38. The molecule has 0 radical (unpaired) electrons. The average Bonchev–Trinajstić information content (AvgIpc) is 2.50. The lowest BCUT2D eigenvalue weighted by Crippen LogP contribution is -2.45. The molecule has 1 saturated heterocycles. The van der Waals surface area contributed by atoms with E-state index < -0.39 is 0 Å². The number of amides is 2. The molecule has 2 atom stereocenters. The minimum Gasteiger partial charge on any atom is -0.397 e. The van der Waals surface area contributed by atoms with E-state index in [1.165, 1.54) is 12.1 Å². The fourth-order valence-corrected chi connectivity index (χ4v) is 3.83. The fourth-order valence-electron chi connectivity index (χ4n) is 2.54. The van der Waals surface area contributed by atoms with E-state index in [1.54, 1.807) is 18.2 Å². The summed E-state index contributed by atoms with van der Waals surface area (Å²) in [5.41, 5.74) is 8.83. The molecule has 23 heavy (non-hydrogen) atoms. The van der Waals surface area contributed by atoms with Crippen molar-refractivity contribution in [3.05, 3.63) is 48.3 Å². The van der Waals surface area contributed by atoms with Gasteiger partial charge in [0.25, 0.3) is 0 Å². The Morgan fingerprint density at radius 2 is 2.00 bits per heavy atom. The highest BCUT2D eigenvalue weighted by Crippen LogP contribution is 2.37. The van der Waals surface area contributed by atoms with E-state index in [1.807, 2.05) is 16.8 Å². The number of hydrogen-bond donors (Lipinski definition) is 2. The highest BCUT2D eigenvalue weighted by atomic mass is 31.1. The molecule has 0 saturated carbocycles. The molecule has 6 heteroatoms. The zero-order chi connectivity index (χ0) is 16.4. The summed E-state index contributed by atoms with van der Waals surface area (Å²) >= 11 is 0. The van der Waals surface area contributed by atoms with Crippen LogP contribution >= 0.6 is 8.73 Å². The zero-order valence-electron chi connectivity index (χ0n) is 12.8. The highest BCUT2D eigenvalue weighted by Gasteiger charge is 2.31. The number of anilines is 2. The fraction of sp³-hybridized carbons (Fsp3) is 0.235. The third-order valence-corrected chi connectivity index (χ3v) is 5.59. The van der Waals surface area contributed by atoms with E-state index in [0.717, 1.165) is 23.7 Å². The van der Waals surface area contributed by atoms with Crippen molar-refractivity contribution in [1.82, 2.24) is 4.67 Å². The van der Waals surface area contributed by atoms with Crippen molar-refractivity contribution in [2.75, 3.05) is 17.2 Å². The van der Waals surface area contributed by atoms with Gasteiger partial charge >= 0.3 is 6.03 Å². The molecule has 0 spiro atoms. The molecular weight excluding hydrogens is 312 g/mol. The Morgan fingerprint density at radius 1 is 1.30 bits per heavy atom. The van der Waals surface area contributed by atoms with Crippen LogP contribution in [-0.4, -0.2) is 22.9 Å². The molecule has 2 unspecified atom stereocenters. The Labute approximate surface area is 136 Å². The van der Waals surface area contributed by atoms with Crippen LogP contribution in [0.5, 0.6) is 0 Å². The van der Waals surface area contributed by atoms with E-state index in [0.29, 0.717) is 26.1 Å². The number of benzene rings is 2. The molecule has 3 N–H and O–H groups in total. The molecule has 1 aliphatic heterocycles. The number of urea groups is 1. The van der Waals surface area contributed by atoms with Crippen LogP contribution in [0.2, 0.25) is 0 Å². The topological polar surface area (TPSA) is 58.4 Å². The van der Waals surface area contributed by atoms with Gasteiger partial charge in [-0.25, -0.2) is 9.18 Å². The van der Waals surface area contributed by atoms with E-state index in [-0.39, 0.29) is 11.8 Å². The van der Waals surface area contributed by atoms with Gasteiger partial charge in [0.2, 0.25) is 0 Å². The first-order chi connectivity index (χ1) is 11.1. The first kappa shape index (κ1) is 15.8. The second kappa shape index (κ2) is 6.55. The molecule has 2 amide bonds. The van der Waals surface area contributed by atoms with Crippen LogP contribution in [-0.2, 0) is 0 Å². The molecule has 2 aromatic rings. The second-order valence-electron chi connectivity index (χ2n) is 5.53. The average molecular weight is 331 g/mol. The van der Waals surface area contributed by atoms with Crippen LogP contribution < -0.4 is 11.1 Å². The maximum absolute atomic E-state index is 13.0. The normalized spacial score (nSPS) is 17.8. The molecule has 3 rings (SSSR count). The van der Waals surface area contributed by atoms with Gasteiger partial charge in [-0.15, -0.1) is 0 Å². The van der Waals surface area contributed by atoms with Crippen LogP contribution in [0.25, 0.3) is 11.1 Å². The predicted octanol–water partition coefficient (Wildman–Crippen LogP) is 4.29. The second-order valence-corrected chi connectivity index (χ2v) is 6.74. The molecule has 4 nitrogen and oxygen atoms in total. The van der Waals surface area contributed by atoms with Crippen molar-refractivity contribution >= 4 is 26.1 Å². The minimum absolute atomic E-state index is 0.107. The number of nitrogens with zero attached hydrogens (tertiary/aromatic N) is 1. The molecule has 0 aliphatic carbocycles. The van der Waals surface area contributed by atoms with Gasteiger partial charge in [-0.3, -0.25) is 0 Å². The number of hydrogen-bond acceptors (Lipinski definition) is 2. The van der Waals surface area contributed by atoms with Crippen LogP contribution in [0.15, 0.2) is 42.5 Å². The first-order valence-corrected chi connectivity index (χ1v) is 8.73. The Morgan fingerprint density at radius 3 is 2.61 bits per heavy atom. The van der Waals surface area contributed by atoms with Gasteiger partial charge in [-0.2, -0.15) is 0 Å². The molecule has 1 fully saturated rings. The van der Waals surface area contributed by atoms with Gasteiger partial charge < -0.3 is 15.7 Å². The molecule has 2 aromatic carbocycles. The van der Waals surface area contributed by atoms with Crippen molar-refractivity contribution in [3.8, 4) is 11.1 Å². The predicted molar refractivity (Wildman–Crippen MR) is 94.4 cm³/mol. The van der Waals surface area contributed by atoms with Gasteiger partial charge in [-0.1, -0.05) is 25.1 Å². The number of carbonyl (C=O) groups is 1. The standard InChI is InChI=1S/C17H19FN3OP/c1-2-14-10-23-21(14)17(22)20-16-9-12(5-8-15(16)19)11-3-6-13(18)7-4-11/h3-9,14,23H,2,10,19H2,1H3,(H,20,22). The lowest BCUT2D eigenvalue weighted by atomic mass is 10.0.